The van der Waals surface area contributed by atoms with Crippen LogP contribution in [-0.4, -0.2) is 46.0 Å². The largest absolute Gasteiger partial charge is 0.338 e. The van der Waals surface area contributed by atoms with Crippen LogP contribution in [0, 0.1) is 0 Å². The van der Waals surface area contributed by atoms with Crippen LogP contribution in [0.15, 0.2) is 30.7 Å². The molecule has 6 heteroatoms. The summed E-state index contributed by atoms with van der Waals surface area (Å²) in [7, 11) is 0. The van der Waals surface area contributed by atoms with Crippen molar-refractivity contribution in [2.24, 2.45) is 0 Å². The summed E-state index contributed by atoms with van der Waals surface area (Å²) in [6, 6.07) is 4.30. The molecule has 0 N–H and O–H groups in total. The van der Waals surface area contributed by atoms with Crippen LogP contribution in [-0.2, 0) is 13.0 Å². The van der Waals surface area contributed by atoms with Gasteiger partial charge in [0.05, 0.1) is 23.1 Å². The van der Waals surface area contributed by atoms with Gasteiger partial charge >= 0.3 is 0 Å². The molecule has 0 radical (unpaired) electrons. The van der Waals surface area contributed by atoms with Crippen LogP contribution in [0.3, 0.4) is 0 Å². The lowest BCUT2D eigenvalue weighted by atomic mass is 10.2. The van der Waals surface area contributed by atoms with Crippen molar-refractivity contribution in [1.29, 1.82) is 0 Å². The van der Waals surface area contributed by atoms with Gasteiger partial charge in [-0.2, -0.15) is 0 Å². The number of pyridine rings is 1. The fourth-order valence-corrected chi connectivity index (χ4v) is 2.66. The van der Waals surface area contributed by atoms with Crippen molar-refractivity contribution in [3.05, 3.63) is 47.0 Å². The smallest absolute Gasteiger partial charge is 0.225 e. The second-order valence-electron chi connectivity index (χ2n) is 5.48. The molecule has 0 amide bonds. The van der Waals surface area contributed by atoms with Crippen molar-refractivity contribution in [1.82, 2.24) is 19.9 Å². The Kier molecular flexibility index (Phi) is 4.85. The Morgan fingerprint density at radius 1 is 1.00 bits per heavy atom. The van der Waals surface area contributed by atoms with E-state index in [9.17, 15) is 0 Å². The Labute approximate surface area is 136 Å². The summed E-state index contributed by atoms with van der Waals surface area (Å²) in [6.45, 7) is 6.88. The molecule has 1 saturated heterocycles. The van der Waals surface area contributed by atoms with Crippen LogP contribution in [0.5, 0.6) is 0 Å². The van der Waals surface area contributed by atoms with Crippen LogP contribution in [0.25, 0.3) is 0 Å². The van der Waals surface area contributed by atoms with E-state index in [1.165, 1.54) is 5.56 Å². The zero-order valence-electron chi connectivity index (χ0n) is 12.7. The molecule has 0 aromatic carbocycles. The maximum Gasteiger partial charge on any atom is 0.225 e. The van der Waals surface area contributed by atoms with Gasteiger partial charge in [0.25, 0.3) is 0 Å². The van der Waals surface area contributed by atoms with E-state index >= 15 is 0 Å². The highest BCUT2D eigenvalue weighted by Gasteiger charge is 2.19. The summed E-state index contributed by atoms with van der Waals surface area (Å²) in [5.74, 6) is 0.759. The molecule has 116 valence electrons. The molecule has 0 atom stereocenters. The number of aryl methyl sites for hydroxylation is 1. The molecule has 1 aliphatic rings. The fraction of sp³-hybridized carbons (Fsp3) is 0.438. The van der Waals surface area contributed by atoms with Crippen LogP contribution in [0.2, 0.25) is 5.02 Å². The lowest BCUT2D eigenvalue weighted by Crippen LogP contribution is -2.46. The average molecular weight is 318 g/mol. The summed E-state index contributed by atoms with van der Waals surface area (Å²) >= 11 is 5.83. The highest BCUT2D eigenvalue weighted by molar-refractivity contribution is 6.30. The molecule has 0 aliphatic carbocycles. The lowest BCUT2D eigenvalue weighted by molar-refractivity contribution is 0.246. The molecule has 0 saturated carbocycles. The highest BCUT2D eigenvalue weighted by Crippen LogP contribution is 2.14. The average Bonchev–Trinajstić information content (AvgIpc) is 2.57. The summed E-state index contributed by atoms with van der Waals surface area (Å²) < 4.78 is 0. The second-order valence-corrected chi connectivity index (χ2v) is 5.91. The summed E-state index contributed by atoms with van der Waals surface area (Å²) in [5.41, 5.74) is 2.42. The third-order valence-electron chi connectivity index (χ3n) is 3.94. The van der Waals surface area contributed by atoms with E-state index in [1.807, 2.05) is 6.20 Å². The van der Waals surface area contributed by atoms with Gasteiger partial charge in [0.2, 0.25) is 5.95 Å². The zero-order chi connectivity index (χ0) is 15.4. The minimum absolute atomic E-state index is 0.573. The maximum atomic E-state index is 5.83. The Hall–Kier alpha value is -1.72. The molecule has 3 rings (SSSR count). The van der Waals surface area contributed by atoms with Crippen molar-refractivity contribution in [2.75, 3.05) is 31.1 Å². The second kappa shape index (κ2) is 7.03. The molecule has 0 bridgehead atoms. The minimum atomic E-state index is 0.573. The van der Waals surface area contributed by atoms with Gasteiger partial charge in [-0.05, 0) is 18.1 Å². The molecular weight excluding hydrogens is 298 g/mol. The van der Waals surface area contributed by atoms with E-state index in [0.717, 1.165) is 50.8 Å². The molecule has 3 heterocycles. The third kappa shape index (κ3) is 3.72. The maximum absolute atomic E-state index is 5.83. The van der Waals surface area contributed by atoms with Crippen molar-refractivity contribution < 1.29 is 0 Å². The first-order valence-electron chi connectivity index (χ1n) is 7.63. The Morgan fingerprint density at radius 2 is 1.73 bits per heavy atom. The Bertz CT molecular complexity index is 591. The predicted octanol–water partition coefficient (Wildman–Crippen LogP) is 2.41. The van der Waals surface area contributed by atoms with Gasteiger partial charge < -0.3 is 4.90 Å². The highest BCUT2D eigenvalue weighted by atomic mass is 35.5. The molecule has 2 aromatic heterocycles. The molecule has 1 aliphatic heterocycles. The van der Waals surface area contributed by atoms with Crippen molar-refractivity contribution >= 4 is 17.5 Å². The SMILES string of the molecule is CCc1ccc(CN2CCN(c3ncc(Cl)cn3)CC2)nc1. The number of anilines is 1. The van der Waals surface area contributed by atoms with Gasteiger partial charge in [0.15, 0.2) is 0 Å². The number of hydrogen-bond acceptors (Lipinski definition) is 5. The lowest BCUT2D eigenvalue weighted by Gasteiger charge is -2.34. The molecular formula is C16H20ClN5. The van der Waals surface area contributed by atoms with Crippen molar-refractivity contribution in [3.63, 3.8) is 0 Å². The van der Waals surface area contributed by atoms with Gasteiger partial charge in [0.1, 0.15) is 0 Å². The minimum Gasteiger partial charge on any atom is -0.338 e. The van der Waals surface area contributed by atoms with E-state index in [0.29, 0.717) is 5.02 Å². The molecule has 1 fully saturated rings. The summed E-state index contributed by atoms with van der Waals surface area (Å²) in [5, 5.41) is 0.573. The fourth-order valence-electron chi connectivity index (χ4n) is 2.56. The number of rotatable bonds is 4. The molecule has 0 spiro atoms. The standard InChI is InChI=1S/C16H20ClN5/c1-2-13-3-4-15(18-9-13)12-21-5-7-22(8-6-21)16-19-10-14(17)11-20-16/h3-4,9-11H,2,5-8,12H2,1H3. The monoisotopic (exact) mass is 317 g/mol. The van der Waals surface area contributed by atoms with Gasteiger partial charge in [-0.15, -0.1) is 0 Å². The van der Waals surface area contributed by atoms with Gasteiger partial charge in [0, 0.05) is 38.9 Å². The zero-order valence-corrected chi connectivity index (χ0v) is 13.5. The first-order chi connectivity index (χ1) is 10.7. The topological polar surface area (TPSA) is 45.2 Å². The van der Waals surface area contributed by atoms with Crippen molar-refractivity contribution in [3.8, 4) is 0 Å². The van der Waals surface area contributed by atoms with Crippen LogP contribution in [0.4, 0.5) is 5.95 Å². The van der Waals surface area contributed by atoms with E-state index in [4.69, 9.17) is 11.6 Å². The Morgan fingerprint density at radius 3 is 2.32 bits per heavy atom. The molecule has 0 unspecified atom stereocenters. The van der Waals surface area contributed by atoms with Gasteiger partial charge in [-0.25, -0.2) is 9.97 Å². The van der Waals surface area contributed by atoms with Crippen LogP contribution < -0.4 is 4.90 Å². The van der Waals surface area contributed by atoms with Gasteiger partial charge in [-0.3, -0.25) is 9.88 Å². The van der Waals surface area contributed by atoms with E-state index in [2.05, 4.69) is 43.8 Å². The van der Waals surface area contributed by atoms with Crippen LogP contribution in [0.1, 0.15) is 18.2 Å². The quantitative estimate of drug-likeness (QED) is 0.866. The predicted molar refractivity (Wildman–Crippen MR) is 88.1 cm³/mol. The van der Waals surface area contributed by atoms with E-state index in [1.54, 1.807) is 12.4 Å². The molecule has 22 heavy (non-hydrogen) atoms. The number of halogens is 1. The first kappa shape index (κ1) is 15.2. The number of aromatic nitrogens is 3. The molecule has 2 aromatic rings. The van der Waals surface area contributed by atoms with E-state index < -0.39 is 0 Å². The first-order valence-corrected chi connectivity index (χ1v) is 8.01. The van der Waals surface area contributed by atoms with Gasteiger partial charge in [-0.1, -0.05) is 24.6 Å². The Balaban J connectivity index is 1.53. The van der Waals surface area contributed by atoms with Crippen LogP contribution >= 0.6 is 11.6 Å². The molecule has 5 nitrogen and oxygen atoms in total. The summed E-state index contributed by atoms with van der Waals surface area (Å²) in [4.78, 5) is 17.7. The number of piperazine rings is 1. The third-order valence-corrected chi connectivity index (χ3v) is 4.14. The van der Waals surface area contributed by atoms with E-state index in [-0.39, 0.29) is 0 Å². The normalized spacial score (nSPS) is 16.0. The number of hydrogen-bond donors (Lipinski definition) is 0. The number of nitrogens with zero attached hydrogens (tertiary/aromatic N) is 5. The summed E-state index contributed by atoms with van der Waals surface area (Å²) in [6.07, 6.45) is 6.31. The van der Waals surface area contributed by atoms with Crippen molar-refractivity contribution in [2.45, 2.75) is 19.9 Å².